The van der Waals surface area contributed by atoms with E-state index in [2.05, 4.69) is 50.2 Å². The van der Waals surface area contributed by atoms with Crippen LogP contribution < -0.4 is 10.2 Å². The van der Waals surface area contributed by atoms with Crippen LogP contribution in [0.4, 0.5) is 5.69 Å². The smallest absolute Gasteiger partial charge is 0.0396 e. The van der Waals surface area contributed by atoms with Crippen molar-refractivity contribution in [2.75, 3.05) is 25.0 Å². The van der Waals surface area contributed by atoms with Gasteiger partial charge in [0.2, 0.25) is 0 Å². The number of nitrogens with one attached hydrogen (secondary N) is 1. The summed E-state index contributed by atoms with van der Waals surface area (Å²) in [7, 11) is 2.22. The van der Waals surface area contributed by atoms with E-state index < -0.39 is 0 Å². The second-order valence-electron chi connectivity index (χ2n) is 6.08. The largest absolute Gasteiger partial charge is 0.374 e. The first kappa shape index (κ1) is 14.4. The lowest BCUT2D eigenvalue weighted by molar-refractivity contribution is 0.384. The number of hydrogen-bond acceptors (Lipinski definition) is 2. The van der Waals surface area contributed by atoms with E-state index in [1.165, 1.54) is 54.6 Å². The molecule has 0 aliphatic carbocycles. The molecule has 2 heteroatoms. The molecule has 0 bridgehead atoms. The van der Waals surface area contributed by atoms with Crippen LogP contribution in [0, 0.1) is 20.8 Å². The maximum absolute atomic E-state index is 3.63. The minimum absolute atomic E-state index is 0.725. The molecule has 0 spiro atoms. The fourth-order valence-electron chi connectivity index (χ4n) is 3.00. The monoisotopic (exact) mass is 260 g/mol. The van der Waals surface area contributed by atoms with Crippen LogP contribution in [0.25, 0.3) is 0 Å². The van der Waals surface area contributed by atoms with Gasteiger partial charge in [0.1, 0.15) is 0 Å². The van der Waals surface area contributed by atoms with Crippen molar-refractivity contribution in [2.45, 2.75) is 52.5 Å². The predicted molar refractivity (Wildman–Crippen MR) is 84.2 cm³/mol. The summed E-state index contributed by atoms with van der Waals surface area (Å²) in [5.74, 6) is 0. The van der Waals surface area contributed by atoms with E-state index in [0.717, 1.165) is 12.6 Å². The zero-order valence-electron chi connectivity index (χ0n) is 12.9. The van der Waals surface area contributed by atoms with Crippen molar-refractivity contribution in [1.82, 2.24) is 5.32 Å². The Bertz CT molecular complexity index is 420. The van der Waals surface area contributed by atoms with Gasteiger partial charge in [-0.15, -0.1) is 0 Å². The number of rotatable bonds is 4. The highest BCUT2D eigenvalue weighted by molar-refractivity contribution is 5.56. The van der Waals surface area contributed by atoms with Gasteiger partial charge in [0.05, 0.1) is 0 Å². The fourth-order valence-corrected chi connectivity index (χ4v) is 3.00. The molecule has 1 unspecified atom stereocenters. The van der Waals surface area contributed by atoms with E-state index in [9.17, 15) is 0 Å². The van der Waals surface area contributed by atoms with Gasteiger partial charge in [0.15, 0.2) is 0 Å². The maximum Gasteiger partial charge on any atom is 0.0396 e. The summed E-state index contributed by atoms with van der Waals surface area (Å²) in [5.41, 5.74) is 5.56. The number of aryl methyl sites for hydroxylation is 3. The van der Waals surface area contributed by atoms with Crippen molar-refractivity contribution in [3.05, 3.63) is 28.8 Å². The second kappa shape index (κ2) is 6.42. The molecule has 1 heterocycles. The van der Waals surface area contributed by atoms with Crippen LogP contribution >= 0.6 is 0 Å². The molecule has 1 aromatic carbocycles. The van der Waals surface area contributed by atoms with Crippen molar-refractivity contribution in [3.8, 4) is 0 Å². The topological polar surface area (TPSA) is 15.3 Å². The molecule has 1 N–H and O–H groups in total. The summed E-state index contributed by atoms with van der Waals surface area (Å²) in [5, 5.41) is 3.63. The molecule has 2 rings (SSSR count). The third kappa shape index (κ3) is 3.73. The Hall–Kier alpha value is -1.02. The van der Waals surface area contributed by atoms with E-state index in [0.29, 0.717) is 0 Å². The van der Waals surface area contributed by atoms with Gasteiger partial charge >= 0.3 is 0 Å². The van der Waals surface area contributed by atoms with Crippen LogP contribution in [0.15, 0.2) is 12.1 Å². The van der Waals surface area contributed by atoms with Crippen LogP contribution in [-0.4, -0.2) is 26.2 Å². The Morgan fingerprint density at radius 1 is 1.11 bits per heavy atom. The molecule has 1 saturated heterocycles. The van der Waals surface area contributed by atoms with Gasteiger partial charge in [-0.3, -0.25) is 0 Å². The summed E-state index contributed by atoms with van der Waals surface area (Å²) in [6.07, 6.45) is 5.34. The summed E-state index contributed by atoms with van der Waals surface area (Å²) >= 11 is 0. The average molecular weight is 260 g/mol. The molecule has 1 atom stereocenters. The van der Waals surface area contributed by atoms with Gasteiger partial charge in [0, 0.05) is 25.3 Å². The first-order chi connectivity index (χ1) is 9.08. The summed E-state index contributed by atoms with van der Waals surface area (Å²) in [6, 6.07) is 5.36. The predicted octanol–water partition coefficient (Wildman–Crippen LogP) is 3.58. The van der Waals surface area contributed by atoms with Crippen LogP contribution in [0.1, 0.15) is 42.4 Å². The number of hydrogen-bond donors (Lipinski definition) is 1. The van der Waals surface area contributed by atoms with Gasteiger partial charge in [0.25, 0.3) is 0 Å². The lowest BCUT2D eigenvalue weighted by Gasteiger charge is -2.28. The highest BCUT2D eigenvalue weighted by Crippen LogP contribution is 2.23. The minimum Gasteiger partial charge on any atom is -0.374 e. The number of piperidine rings is 1. The lowest BCUT2D eigenvalue weighted by atomic mass is 10.0. The van der Waals surface area contributed by atoms with Crippen LogP contribution in [0.5, 0.6) is 0 Å². The van der Waals surface area contributed by atoms with Crippen molar-refractivity contribution >= 4 is 5.69 Å². The first-order valence-corrected chi connectivity index (χ1v) is 7.60. The van der Waals surface area contributed by atoms with Crippen molar-refractivity contribution in [2.24, 2.45) is 0 Å². The number of anilines is 1. The minimum atomic E-state index is 0.725. The molecule has 1 aliphatic rings. The molecule has 1 aliphatic heterocycles. The molecular formula is C17H28N2. The second-order valence-corrected chi connectivity index (χ2v) is 6.08. The first-order valence-electron chi connectivity index (χ1n) is 7.60. The molecular weight excluding hydrogens is 232 g/mol. The molecule has 0 amide bonds. The summed E-state index contributed by atoms with van der Waals surface area (Å²) in [6.45, 7) is 8.96. The standard InChI is InChI=1S/C17H28N2/c1-13-11-15(3)17(12-14(13)2)19(4)10-8-16-7-5-6-9-18-16/h11-12,16,18H,5-10H2,1-4H3. The fraction of sp³-hybridized carbons (Fsp3) is 0.647. The average Bonchev–Trinajstić information content (AvgIpc) is 2.41. The van der Waals surface area contributed by atoms with Crippen molar-refractivity contribution < 1.29 is 0 Å². The quantitative estimate of drug-likeness (QED) is 0.890. The van der Waals surface area contributed by atoms with E-state index in [-0.39, 0.29) is 0 Å². The molecule has 1 fully saturated rings. The van der Waals surface area contributed by atoms with E-state index >= 15 is 0 Å². The molecule has 1 aromatic rings. The molecule has 2 nitrogen and oxygen atoms in total. The maximum atomic E-state index is 3.63. The Morgan fingerprint density at radius 2 is 1.84 bits per heavy atom. The van der Waals surface area contributed by atoms with Crippen LogP contribution in [0.2, 0.25) is 0 Å². The Labute approximate surface area is 118 Å². The third-order valence-corrected chi connectivity index (χ3v) is 4.45. The Balaban J connectivity index is 1.95. The van der Waals surface area contributed by atoms with Crippen LogP contribution in [0.3, 0.4) is 0 Å². The van der Waals surface area contributed by atoms with Gasteiger partial charge in [-0.2, -0.15) is 0 Å². The molecule has 19 heavy (non-hydrogen) atoms. The van der Waals surface area contributed by atoms with Gasteiger partial charge < -0.3 is 10.2 Å². The summed E-state index contributed by atoms with van der Waals surface area (Å²) < 4.78 is 0. The Kier molecular flexibility index (Phi) is 4.87. The zero-order chi connectivity index (χ0) is 13.8. The van der Waals surface area contributed by atoms with Crippen LogP contribution in [-0.2, 0) is 0 Å². The van der Waals surface area contributed by atoms with Gasteiger partial charge in [-0.1, -0.05) is 12.5 Å². The SMILES string of the molecule is Cc1cc(C)c(N(C)CCC2CCCCN2)cc1C. The summed E-state index contributed by atoms with van der Waals surface area (Å²) in [4.78, 5) is 2.41. The lowest BCUT2D eigenvalue weighted by Crippen LogP contribution is -2.36. The van der Waals surface area contributed by atoms with E-state index in [1.54, 1.807) is 0 Å². The van der Waals surface area contributed by atoms with Gasteiger partial charge in [-0.25, -0.2) is 0 Å². The van der Waals surface area contributed by atoms with Crippen molar-refractivity contribution in [1.29, 1.82) is 0 Å². The molecule has 0 radical (unpaired) electrons. The van der Waals surface area contributed by atoms with Crippen molar-refractivity contribution in [3.63, 3.8) is 0 Å². The van der Waals surface area contributed by atoms with E-state index in [1.807, 2.05) is 0 Å². The highest BCUT2D eigenvalue weighted by Gasteiger charge is 2.14. The number of benzene rings is 1. The molecule has 0 aromatic heterocycles. The number of nitrogens with zero attached hydrogens (tertiary/aromatic N) is 1. The molecule has 106 valence electrons. The highest BCUT2D eigenvalue weighted by atomic mass is 15.1. The third-order valence-electron chi connectivity index (χ3n) is 4.45. The Morgan fingerprint density at radius 3 is 2.53 bits per heavy atom. The normalized spacial score (nSPS) is 19.5. The van der Waals surface area contributed by atoms with E-state index in [4.69, 9.17) is 0 Å². The molecule has 0 saturated carbocycles. The van der Waals surface area contributed by atoms with Gasteiger partial charge in [-0.05, 0) is 69.3 Å². The zero-order valence-corrected chi connectivity index (χ0v) is 12.9.